The highest BCUT2D eigenvalue weighted by molar-refractivity contribution is 6.06. The molecule has 5 atom stereocenters. The molecule has 1 saturated heterocycles. The highest BCUT2D eigenvalue weighted by Crippen LogP contribution is 2.42. The molecule has 1 aliphatic heterocycles. The summed E-state index contributed by atoms with van der Waals surface area (Å²) in [5.74, 6) is -7.63. The SMILES string of the molecule is CC(=O)N(C(C)=O)[C@]1(C(C)=O)[C@@H](O)[C@H](O)[C@@H](CO)OC1(O)C(C)=O.Cl. The smallest absolute Gasteiger partial charge is 0.261 e. The average molecular weight is 384 g/mol. The van der Waals surface area contributed by atoms with Gasteiger partial charge in [-0.05, 0) is 6.92 Å². The topological polar surface area (TPSA) is 162 Å². The van der Waals surface area contributed by atoms with E-state index in [4.69, 9.17) is 4.74 Å². The van der Waals surface area contributed by atoms with E-state index in [1.165, 1.54) is 0 Å². The number of ketones is 2. The quantitative estimate of drug-likeness (QED) is 0.411. The first-order valence-electron chi connectivity index (χ1n) is 7.10. The molecule has 0 aromatic heterocycles. The number of carbonyl (C=O) groups is 4. The van der Waals surface area contributed by atoms with E-state index < -0.39 is 59.6 Å². The standard InChI is InChI=1S/C14H21NO9.ClH/c1-6(17)13(15(8(3)19)9(4)20)12(22)11(21)10(5-16)24-14(13,23)7(2)18;/h10-12,16,21-23H,5H2,1-4H3;1H/t10-,11-,12+,13-,14?;/m1./s1. The molecule has 144 valence electrons. The van der Waals surface area contributed by atoms with Crippen LogP contribution in [-0.2, 0) is 23.9 Å². The number of nitrogens with zero attached hydrogens (tertiary/aromatic N) is 1. The largest absolute Gasteiger partial charge is 0.394 e. The molecule has 0 aliphatic carbocycles. The molecule has 1 fully saturated rings. The summed E-state index contributed by atoms with van der Waals surface area (Å²) in [6, 6.07) is 0. The molecule has 25 heavy (non-hydrogen) atoms. The van der Waals surface area contributed by atoms with Crippen molar-refractivity contribution in [3.8, 4) is 0 Å². The Morgan fingerprint density at radius 1 is 1.00 bits per heavy atom. The molecule has 0 aromatic rings. The fraction of sp³-hybridized carbons (Fsp3) is 0.714. The predicted octanol–water partition coefficient (Wildman–Crippen LogP) is -2.48. The molecule has 1 rings (SSSR count). The number of halogens is 1. The van der Waals surface area contributed by atoms with Crippen molar-refractivity contribution in [2.45, 2.75) is 57.3 Å². The van der Waals surface area contributed by atoms with Crippen LogP contribution in [0.3, 0.4) is 0 Å². The second kappa shape index (κ2) is 7.85. The molecule has 0 radical (unpaired) electrons. The first-order valence-corrected chi connectivity index (χ1v) is 7.10. The van der Waals surface area contributed by atoms with Crippen LogP contribution in [0.2, 0.25) is 0 Å². The lowest BCUT2D eigenvalue weighted by Crippen LogP contribution is -2.84. The number of hydrogen-bond acceptors (Lipinski definition) is 9. The first kappa shape index (κ1) is 23.6. The Labute approximate surface area is 149 Å². The molecule has 0 aromatic carbocycles. The van der Waals surface area contributed by atoms with Crippen molar-refractivity contribution in [2.75, 3.05) is 6.61 Å². The van der Waals surface area contributed by atoms with Gasteiger partial charge in [0.05, 0.1) is 6.61 Å². The fourth-order valence-electron chi connectivity index (χ4n) is 3.13. The number of aliphatic hydroxyl groups excluding tert-OH is 3. The molecule has 2 amide bonds. The summed E-state index contributed by atoms with van der Waals surface area (Å²) in [5.41, 5.74) is -2.90. The van der Waals surface area contributed by atoms with Gasteiger partial charge >= 0.3 is 0 Å². The molecule has 0 bridgehead atoms. The van der Waals surface area contributed by atoms with E-state index in [0.717, 1.165) is 27.7 Å². The molecule has 11 heteroatoms. The zero-order valence-electron chi connectivity index (χ0n) is 14.1. The summed E-state index contributed by atoms with van der Waals surface area (Å²) < 4.78 is 5.00. The lowest BCUT2D eigenvalue weighted by molar-refractivity contribution is -0.334. The van der Waals surface area contributed by atoms with Crippen LogP contribution in [-0.4, -0.2) is 85.0 Å². The zero-order chi connectivity index (χ0) is 19.0. The van der Waals surface area contributed by atoms with E-state index in [-0.39, 0.29) is 17.3 Å². The maximum absolute atomic E-state index is 12.4. The number of hydrogen-bond donors (Lipinski definition) is 4. The summed E-state index contributed by atoms with van der Waals surface area (Å²) in [7, 11) is 0. The van der Waals surface area contributed by atoms with E-state index in [1.54, 1.807) is 0 Å². The minimum atomic E-state index is -3.15. The Morgan fingerprint density at radius 2 is 1.44 bits per heavy atom. The Balaban J connectivity index is 0.00000576. The second-order valence-corrected chi connectivity index (χ2v) is 5.67. The van der Waals surface area contributed by atoms with Crippen LogP contribution in [0.5, 0.6) is 0 Å². The van der Waals surface area contributed by atoms with Crippen LogP contribution in [0.4, 0.5) is 0 Å². The van der Waals surface area contributed by atoms with E-state index >= 15 is 0 Å². The molecule has 4 N–H and O–H groups in total. The molecule has 1 heterocycles. The summed E-state index contributed by atoms with van der Waals surface area (Å²) in [6.07, 6.45) is -5.86. The van der Waals surface area contributed by atoms with Gasteiger partial charge in [-0.25, -0.2) is 0 Å². The molecule has 1 unspecified atom stereocenters. The van der Waals surface area contributed by atoms with Crippen LogP contribution >= 0.6 is 12.4 Å². The van der Waals surface area contributed by atoms with Gasteiger partial charge in [0.25, 0.3) is 5.79 Å². The number of rotatable bonds is 4. The van der Waals surface area contributed by atoms with Gasteiger partial charge in [0.2, 0.25) is 11.8 Å². The van der Waals surface area contributed by atoms with Crippen LogP contribution in [0.1, 0.15) is 27.7 Å². The number of imide groups is 1. The van der Waals surface area contributed by atoms with Crippen molar-refractivity contribution in [2.24, 2.45) is 0 Å². The Kier molecular flexibility index (Phi) is 7.40. The second-order valence-electron chi connectivity index (χ2n) is 5.67. The lowest BCUT2D eigenvalue weighted by atomic mass is 9.71. The molecule has 0 saturated carbocycles. The number of carbonyl (C=O) groups excluding carboxylic acids is 4. The minimum Gasteiger partial charge on any atom is -0.394 e. The highest BCUT2D eigenvalue weighted by atomic mass is 35.5. The van der Waals surface area contributed by atoms with Gasteiger partial charge < -0.3 is 25.2 Å². The summed E-state index contributed by atoms with van der Waals surface area (Å²) in [4.78, 5) is 48.5. The van der Waals surface area contributed by atoms with Gasteiger partial charge in [-0.1, -0.05) is 0 Å². The van der Waals surface area contributed by atoms with Gasteiger partial charge in [-0.3, -0.25) is 24.1 Å². The molecule has 1 aliphatic rings. The van der Waals surface area contributed by atoms with Gasteiger partial charge in [-0.2, -0.15) is 0 Å². The monoisotopic (exact) mass is 383 g/mol. The maximum atomic E-state index is 12.4. The van der Waals surface area contributed by atoms with Crippen molar-refractivity contribution in [1.82, 2.24) is 4.90 Å². The van der Waals surface area contributed by atoms with E-state index in [0.29, 0.717) is 0 Å². The fourth-order valence-corrected chi connectivity index (χ4v) is 3.13. The third-order valence-electron chi connectivity index (χ3n) is 4.15. The third-order valence-corrected chi connectivity index (χ3v) is 4.15. The van der Waals surface area contributed by atoms with Gasteiger partial charge in [0.1, 0.15) is 18.3 Å². The number of ether oxygens (including phenoxy) is 1. The van der Waals surface area contributed by atoms with Crippen LogP contribution < -0.4 is 0 Å². The minimum absolute atomic E-state index is 0. The van der Waals surface area contributed by atoms with E-state index in [1.807, 2.05) is 0 Å². The normalized spacial score (nSPS) is 34.6. The van der Waals surface area contributed by atoms with Crippen molar-refractivity contribution >= 4 is 35.8 Å². The number of Topliss-reactive ketones (excluding diaryl/α,β-unsaturated/α-hetero) is 2. The van der Waals surface area contributed by atoms with Crippen LogP contribution in [0.25, 0.3) is 0 Å². The Morgan fingerprint density at radius 3 is 1.72 bits per heavy atom. The summed E-state index contributed by atoms with van der Waals surface area (Å²) in [5, 5.41) is 40.6. The third kappa shape index (κ3) is 3.21. The molecular formula is C14H22ClNO9. The number of aliphatic hydroxyl groups is 4. The average Bonchev–Trinajstić information content (AvgIpc) is 2.45. The lowest BCUT2D eigenvalue weighted by Gasteiger charge is -2.56. The Bertz CT molecular complexity index is 569. The molecule has 10 nitrogen and oxygen atoms in total. The zero-order valence-corrected chi connectivity index (χ0v) is 14.9. The van der Waals surface area contributed by atoms with Crippen molar-refractivity contribution in [1.29, 1.82) is 0 Å². The Hall–Kier alpha value is -1.43. The molecule has 0 spiro atoms. The van der Waals surface area contributed by atoms with Gasteiger partial charge in [0, 0.05) is 20.8 Å². The molecular weight excluding hydrogens is 362 g/mol. The van der Waals surface area contributed by atoms with Crippen molar-refractivity contribution in [3.63, 3.8) is 0 Å². The summed E-state index contributed by atoms with van der Waals surface area (Å²) in [6.45, 7) is 2.50. The maximum Gasteiger partial charge on any atom is 0.261 e. The predicted molar refractivity (Wildman–Crippen MR) is 83.5 cm³/mol. The van der Waals surface area contributed by atoms with Crippen molar-refractivity contribution < 1.29 is 44.3 Å². The van der Waals surface area contributed by atoms with Crippen LogP contribution in [0, 0.1) is 0 Å². The first-order chi connectivity index (χ1) is 10.9. The summed E-state index contributed by atoms with van der Waals surface area (Å²) >= 11 is 0. The van der Waals surface area contributed by atoms with Crippen molar-refractivity contribution in [3.05, 3.63) is 0 Å². The van der Waals surface area contributed by atoms with E-state index in [2.05, 4.69) is 0 Å². The van der Waals surface area contributed by atoms with Crippen LogP contribution in [0.15, 0.2) is 0 Å². The van der Waals surface area contributed by atoms with Gasteiger partial charge in [0.15, 0.2) is 17.1 Å². The van der Waals surface area contributed by atoms with E-state index in [9.17, 15) is 39.6 Å². The highest BCUT2D eigenvalue weighted by Gasteiger charge is 2.73. The number of amides is 2. The van der Waals surface area contributed by atoms with Gasteiger partial charge in [-0.15, -0.1) is 12.4 Å².